The van der Waals surface area contributed by atoms with Crippen molar-refractivity contribution in [3.63, 3.8) is 0 Å². The Bertz CT molecular complexity index is 1040. The number of fused-ring (bicyclic) bond motifs is 1. The van der Waals surface area contributed by atoms with E-state index in [1.165, 1.54) is 34.4 Å². The van der Waals surface area contributed by atoms with Crippen LogP contribution in [-0.2, 0) is 13.5 Å². The molecule has 5 heteroatoms. The van der Waals surface area contributed by atoms with Gasteiger partial charge in [-0.2, -0.15) is 5.10 Å². The molecule has 124 valence electrons. The fourth-order valence-corrected chi connectivity index (χ4v) is 4.22. The molecule has 0 atom stereocenters. The van der Waals surface area contributed by atoms with Crippen LogP contribution in [0.2, 0.25) is 0 Å². The maximum absolute atomic E-state index is 5.02. The maximum atomic E-state index is 5.02. The summed E-state index contributed by atoms with van der Waals surface area (Å²) in [7, 11) is 2.03. The van der Waals surface area contributed by atoms with Crippen LogP contribution >= 0.6 is 11.3 Å². The summed E-state index contributed by atoms with van der Waals surface area (Å²) >= 11 is 1.74. The van der Waals surface area contributed by atoms with Gasteiger partial charge in [0.15, 0.2) is 0 Å². The molecular formula is C20H18N4S. The van der Waals surface area contributed by atoms with Crippen LogP contribution in [0.4, 0.5) is 0 Å². The number of aryl methyl sites for hydroxylation is 1. The highest BCUT2D eigenvalue weighted by Crippen LogP contribution is 2.37. The van der Waals surface area contributed by atoms with Gasteiger partial charge in [-0.05, 0) is 55.0 Å². The minimum absolute atomic E-state index is 0.825. The molecular weight excluding hydrogens is 328 g/mol. The number of hydrogen-bond acceptors (Lipinski definition) is 4. The van der Waals surface area contributed by atoms with Gasteiger partial charge in [-0.15, -0.1) is 11.3 Å². The number of rotatable bonds is 4. The van der Waals surface area contributed by atoms with E-state index < -0.39 is 0 Å². The Morgan fingerprint density at radius 2 is 1.96 bits per heavy atom. The van der Waals surface area contributed by atoms with Gasteiger partial charge in [0.05, 0.1) is 22.1 Å². The molecule has 1 aliphatic carbocycles. The first kappa shape index (κ1) is 14.8. The third-order valence-corrected chi connectivity index (χ3v) is 5.86. The summed E-state index contributed by atoms with van der Waals surface area (Å²) < 4.78 is 3.22. The smallest absolute Gasteiger partial charge is 0.0895 e. The lowest BCUT2D eigenvalue weighted by atomic mass is 10.1. The van der Waals surface area contributed by atoms with E-state index in [1.807, 2.05) is 42.5 Å². The Labute approximate surface area is 150 Å². The standard InChI is InChI=1S/C20H18N4S/c1-24-18(10-13-2-3-13)15(11-22-24)17-4-5-19-20(23-17)16(12-25-19)14-6-8-21-9-7-14/h4-9,11-13H,2-3,10H2,1H3. The van der Waals surface area contributed by atoms with Crippen LogP contribution < -0.4 is 0 Å². The summed E-state index contributed by atoms with van der Waals surface area (Å²) in [6, 6.07) is 8.39. The van der Waals surface area contributed by atoms with Gasteiger partial charge >= 0.3 is 0 Å². The maximum Gasteiger partial charge on any atom is 0.0895 e. The van der Waals surface area contributed by atoms with Crippen molar-refractivity contribution in [2.75, 3.05) is 0 Å². The average molecular weight is 346 g/mol. The predicted molar refractivity (Wildman–Crippen MR) is 101 cm³/mol. The van der Waals surface area contributed by atoms with Gasteiger partial charge in [0, 0.05) is 41.6 Å². The van der Waals surface area contributed by atoms with Crippen LogP contribution in [0.1, 0.15) is 18.5 Å². The Balaban J connectivity index is 1.63. The Morgan fingerprint density at radius 1 is 1.12 bits per heavy atom. The molecule has 0 N–H and O–H groups in total. The lowest BCUT2D eigenvalue weighted by Gasteiger charge is -2.06. The van der Waals surface area contributed by atoms with Crippen LogP contribution in [0, 0.1) is 5.92 Å². The summed E-state index contributed by atoms with van der Waals surface area (Å²) in [5.74, 6) is 0.825. The Morgan fingerprint density at radius 3 is 2.76 bits per heavy atom. The van der Waals surface area contributed by atoms with E-state index in [1.54, 1.807) is 11.3 Å². The van der Waals surface area contributed by atoms with Crippen molar-refractivity contribution in [1.29, 1.82) is 0 Å². The van der Waals surface area contributed by atoms with Gasteiger partial charge in [-0.3, -0.25) is 9.67 Å². The molecule has 0 bridgehead atoms. The summed E-state index contributed by atoms with van der Waals surface area (Å²) in [4.78, 5) is 9.14. The second-order valence-electron chi connectivity index (χ2n) is 6.70. The number of pyridine rings is 2. The summed E-state index contributed by atoms with van der Waals surface area (Å²) in [5, 5.41) is 6.68. The quantitative estimate of drug-likeness (QED) is 0.537. The second-order valence-corrected chi connectivity index (χ2v) is 7.62. The van der Waals surface area contributed by atoms with Gasteiger partial charge < -0.3 is 0 Å². The highest BCUT2D eigenvalue weighted by molar-refractivity contribution is 7.17. The zero-order chi connectivity index (χ0) is 16.8. The molecule has 4 nitrogen and oxygen atoms in total. The number of hydrogen-bond donors (Lipinski definition) is 0. The molecule has 25 heavy (non-hydrogen) atoms. The fourth-order valence-electron chi connectivity index (χ4n) is 3.31. The average Bonchev–Trinajstić information content (AvgIpc) is 3.26. The van der Waals surface area contributed by atoms with E-state index in [9.17, 15) is 0 Å². The Hall–Kier alpha value is -2.53. The molecule has 0 aliphatic heterocycles. The third kappa shape index (κ3) is 2.65. The van der Waals surface area contributed by atoms with Gasteiger partial charge in [-0.25, -0.2) is 4.98 Å². The highest BCUT2D eigenvalue weighted by atomic mass is 32.1. The van der Waals surface area contributed by atoms with E-state index >= 15 is 0 Å². The van der Waals surface area contributed by atoms with Gasteiger partial charge in [0.2, 0.25) is 0 Å². The lowest BCUT2D eigenvalue weighted by Crippen LogP contribution is -2.01. The topological polar surface area (TPSA) is 43.6 Å². The molecule has 0 aromatic carbocycles. The van der Waals surface area contributed by atoms with Crippen molar-refractivity contribution in [1.82, 2.24) is 19.7 Å². The first-order chi connectivity index (χ1) is 12.3. The van der Waals surface area contributed by atoms with E-state index in [4.69, 9.17) is 4.98 Å². The number of thiophene rings is 1. The molecule has 0 unspecified atom stereocenters. The molecule has 1 aliphatic rings. The molecule has 4 aromatic rings. The molecule has 1 saturated carbocycles. The van der Waals surface area contributed by atoms with Crippen LogP contribution in [0.5, 0.6) is 0 Å². The van der Waals surface area contributed by atoms with Crippen LogP contribution in [0.25, 0.3) is 32.6 Å². The zero-order valence-corrected chi connectivity index (χ0v) is 14.8. The van der Waals surface area contributed by atoms with Crippen molar-refractivity contribution in [3.05, 3.63) is 53.9 Å². The summed E-state index contributed by atoms with van der Waals surface area (Å²) in [5.41, 5.74) is 6.89. The SMILES string of the molecule is Cn1ncc(-c2ccc3scc(-c4ccncc4)c3n2)c1CC1CC1. The minimum atomic E-state index is 0.825. The molecule has 0 radical (unpaired) electrons. The fraction of sp³-hybridized carbons (Fsp3) is 0.250. The minimum Gasteiger partial charge on any atom is -0.272 e. The van der Waals surface area contributed by atoms with Crippen LogP contribution in [0.15, 0.2) is 48.2 Å². The lowest BCUT2D eigenvalue weighted by molar-refractivity contribution is 0.677. The normalized spacial score (nSPS) is 14.3. The molecule has 1 fully saturated rings. The monoisotopic (exact) mass is 346 g/mol. The highest BCUT2D eigenvalue weighted by Gasteiger charge is 2.25. The second kappa shape index (κ2) is 5.77. The van der Waals surface area contributed by atoms with Crippen molar-refractivity contribution >= 4 is 21.6 Å². The number of nitrogens with zero attached hydrogens (tertiary/aromatic N) is 4. The van der Waals surface area contributed by atoms with Gasteiger partial charge in [0.1, 0.15) is 0 Å². The van der Waals surface area contributed by atoms with Crippen LogP contribution in [0.3, 0.4) is 0 Å². The Kier molecular flexibility index (Phi) is 3.41. The summed E-state index contributed by atoms with van der Waals surface area (Å²) in [6.45, 7) is 0. The zero-order valence-electron chi connectivity index (χ0n) is 14.0. The van der Waals surface area contributed by atoms with E-state index in [0.29, 0.717) is 0 Å². The molecule has 0 spiro atoms. The van der Waals surface area contributed by atoms with Crippen molar-refractivity contribution in [2.24, 2.45) is 13.0 Å². The van der Waals surface area contributed by atoms with E-state index in [2.05, 4.69) is 27.6 Å². The molecule has 0 saturated heterocycles. The van der Waals surface area contributed by atoms with Crippen molar-refractivity contribution in [3.8, 4) is 22.4 Å². The largest absolute Gasteiger partial charge is 0.272 e. The van der Waals surface area contributed by atoms with Crippen molar-refractivity contribution < 1.29 is 0 Å². The molecule has 5 rings (SSSR count). The molecule has 0 amide bonds. The van der Waals surface area contributed by atoms with Crippen LogP contribution in [-0.4, -0.2) is 19.7 Å². The molecule has 4 aromatic heterocycles. The first-order valence-electron chi connectivity index (χ1n) is 8.59. The van der Waals surface area contributed by atoms with Gasteiger partial charge in [-0.1, -0.05) is 0 Å². The van der Waals surface area contributed by atoms with E-state index in [-0.39, 0.29) is 0 Å². The van der Waals surface area contributed by atoms with E-state index in [0.717, 1.165) is 29.1 Å². The van der Waals surface area contributed by atoms with Gasteiger partial charge in [0.25, 0.3) is 0 Å². The predicted octanol–water partition coefficient (Wildman–Crippen LogP) is 4.71. The summed E-state index contributed by atoms with van der Waals surface area (Å²) in [6.07, 6.45) is 9.41. The third-order valence-electron chi connectivity index (χ3n) is 4.92. The molecule has 4 heterocycles. The first-order valence-corrected chi connectivity index (χ1v) is 9.47. The number of aromatic nitrogens is 4. The van der Waals surface area contributed by atoms with Crippen molar-refractivity contribution in [2.45, 2.75) is 19.3 Å².